The Hall–Kier alpha value is 0.434. The molecule has 0 atom stereocenters. The number of rotatable bonds is 1. The second kappa shape index (κ2) is 2.82. The summed E-state index contributed by atoms with van der Waals surface area (Å²) in [5.41, 5.74) is 0.414. The first kappa shape index (κ1) is 10.4. The molecule has 0 nitrogen and oxygen atoms in total. The fourth-order valence-electron chi connectivity index (χ4n) is 0.562. The molecule has 0 saturated carbocycles. The summed E-state index contributed by atoms with van der Waals surface area (Å²) >= 11 is 0. The van der Waals surface area contributed by atoms with Gasteiger partial charge < -0.3 is 0 Å². The van der Waals surface area contributed by atoms with Crippen LogP contribution in [0.25, 0.3) is 0 Å². The molecular formula is C8H18Si2. The van der Waals surface area contributed by atoms with Gasteiger partial charge in [-0.2, -0.15) is 0 Å². The Morgan fingerprint density at radius 2 is 1.30 bits per heavy atom. The maximum atomic E-state index is 3.78. The third kappa shape index (κ3) is 1.96. The van der Waals surface area contributed by atoms with Crippen molar-refractivity contribution in [2.45, 2.75) is 46.2 Å². The molecule has 0 heterocycles. The first-order valence-electron chi connectivity index (χ1n) is 3.75. The van der Waals surface area contributed by atoms with E-state index < -0.39 is 0 Å². The zero-order valence-electron chi connectivity index (χ0n) is 8.00. The molecule has 0 aromatic heterocycles. The van der Waals surface area contributed by atoms with E-state index in [4.69, 9.17) is 0 Å². The van der Waals surface area contributed by atoms with Gasteiger partial charge in [-0.05, 0) is 10.5 Å². The highest BCUT2D eigenvalue weighted by atomic mass is 29.1. The molecule has 0 rings (SSSR count). The van der Waals surface area contributed by atoms with Crippen molar-refractivity contribution in [1.29, 1.82) is 0 Å². The summed E-state index contributed by atoms with van der Waals surface area (Å²) in [6, 6.07) is 0. The van der Waals surface area contributed by atoms with Gasteiger partial charge in [-0.3, -0.25) is 0 Å². The lowest BCUT2D eigenvalue weighted by atomic mass is 9.82. The molecule has 10 heavy (non-hydrogen) atoms. The first-order chi connectivity index (χ1) is 4.19. The van der Waals surface area contributed by atoms with E-state index in [-0.39, 0.29) is 8.31 Å². The van der Waals surface area contributed by atoms with E-state index in [9.17, 15) is 0 Å². The largest absolute Gasteiger partial charge is 0.0733 e. The third-order valence-electron chi connectivity index (χ3n) is 2.81. The van der Waals surface area contributed by atoms with Crippen molar-refractivity contribution in [3.8, 4) is 0 Å². The van der Waals surface area contributed by atoms with Crippen LogP contribution in [0.5, 0.6) is 0 Å². The van der Waals surface area contributed by atoms with E-state index in [2.05, 4.69) is 50.9 Å². The Bertz CT molecular complexity index is 109. The molecule has 2 heteroatoms. The van der Waals surface area contributed by atoms with Gasteiger partial charge in [-0.25, -0.2) is 0 Å². The highest BCUT2D eigenvalue weighted by molar-refractivity contribution is 7.04. The van der Waals surface area contributed by atoms with Gasteiger partial charge in [0.25, 0.3) is 0 Å². The fraction of sp³-hybridized carbons (Fsp3) is 1.00. The molecule has 0 amide bonds. The maximum absolute atomic E-state index is 3.78. The first-order valence-corrected chi connectivity index (χ1v) is 7.25. The van der Waals surface area contributed by atoms with Gasteiger partial charge in [0.1, 0.15) is 0 Å². The smallest absolute Gasteiger partial charge is 0.0344 e. The maximum Gasteiger partial charge on any atom is 0.0344 e. The average molecular weight is 170 g/mol. The van der Waals surface area contributed by atoms with Gasteiger partial charge in [0.15, 0.2) is 0 Å². The van der Waals surface area contributed by atoms with Crippen LogP contribution < -0.4 is 0 Å². The molecule has 0 N–H and O–H groups in total. The van der Waals surface area contributed by atoms with Crippen LogP contribution >= 0.6 is 0 Å². The van der Waals surface area contributed by atoms with Gasteiger partial charge in [-0.1, -0.05) is 41.2 Å². The molecule has 0 aliphatic carbocycles. The van der Waals surface area contributed by atoms with Crippen LogP contribution in [0.3, 0.4) is 0 Å². The van der Waals surface area contributed by atoms with Gasteiger partial charge in [0, 0.05) is 18.1 Å². The van der Waals surface area contributed by atoms with E-state index in [0.717, 1.165) is 0 Å². The molecule has 58 valence electrons. The summed E-state index contributed by atoms with van der Waals surface area (Å²) in [7, 11) is 3.42. The monoisotopic (exact) mass is 170 g/mol. The molecule has 0 aliphatic heterocycles. The van der Waals surface area contributed by atoms with Crippen LogP contribution in [0.4, 0.5) is 0 Å². The normalized spacial score (nSPS) is 14.4. The molecule has 0 unspecified atom stereocenters. The van der Waals surface area contributed by atoms with Crippen molar-refractivity contribution in [2.24, 2.45) is 5.41 Å². The predicted molar refractivity (Wildman–Crippen MR) is 50.9 cm³/mol. The lowest BCUT2D eigenvalue weighted by Crippen LogP contribution is -2.36. The van der Waals surface area contributed by atoms with Crippen molar-refractivity contribution in [3.63, 3.8) is 0 Å². The molecule has 0 spiro atoms. The quantitative estimate of drug-likeness (QED) is 0.531. The van der Waals surface area contributed by atoms with Crippen LogP contribution in [0, 0.1) is 5.41 Å². The topological polar surface area (TPSA) is 0 Å². The molecule has 0 aliphatic rings. The molecule has 0 saturated heterocycles. The lowest BCUT2D eigenvalue weighted by molar-refractivity contribution is 0.297. The van der Waals surface area contributed by atoms with E-state index in [0.29, 0.717) is 10.5 Å². The van der Waals surface area contributed by atoms with Crippen molar-refractivity contribution in [3.05, 3.63) is 0 Å². The van der Waals surface area contributed by atoms with Crippen molar-refractivity contribution < 1.29 is 0 Å². The summed E-state index contributed by atoms with van der Waals surface area (Å²) in [6.45, 7) is 13.9. The lowest BCUT2D eigenvalue weighted by Gasteiger charge is -2.41. The van der Waals surface area contributed by atoms with Crippen molar-refractivity contribution in [1.82, 2.24) is 0 Å². The molecular weight excluding hydrogens is 152 g/mol. The molecule has 4 radical (unpaired) electrons. The fourth-order valence-corrected chi connectivity index (χ4v) is 2.81. The minimum atomic E-state index is -0.363. The summed E-state index contributed by atoms with van der Waals surface area (Å²) in [5, 5.41) is 0.453. The highest BCUT2D eigenvalue weighted by Crippen LogP contribution is 2.45. The number of hydrogen-bond acceptors (Lipinski definition) is 0. The molecule has 0 bridgehead atoms. The standard InChI is InChI=1S/C8H18Si2/c1-7(2,3)8(4,5)10(6)9/h1-6H3. The van der Waals surface area contributed by atoms with E-state index in [1.54, 1.807) is 0 Å². The SMILES string of the molecule is C[Si]([Si])C(C)(C)C(C)(C)C. The van der Waals surface area contributed by atoms with Gasteiger partial charge in [0.05, 0.1) is 0 Å². The van der Waals surface area contributed by atoms with Gasteiger partial charge in [-0.15, -0.1) is 0 Å². The Morgan fingerprint density at radius 1 is 1.00 bits per heavy atom. The van der Waals surface area contributed by atoms with E-state index in [1.165, 1.54) is 0 Å². The van der Waals surface area contributed by atoms with Crippen LogP contribution in [0.1, 0.15) is 34.6 Å². The summed E-state index contributed by atoms with van der Waals surface area (Å²) < 4.78 is 0. The third-order valence-corrected chi connectivity index (χ3v) is 7.31. The Balaban J connectivity index is 4.40. The molecule has 0 aromatic carbocycles. The van der Waals surface area contributed by atoms with E-state index in [1.807, 2.05) is 0 Å². The van der Waals surface area contributed by atoms with Crippen LogP contribution in [0.15, 0.2) is 0 Å². The summed E-state index contributed by atoms with van der Waals surface area (Å²) in [6.07, 6.45) is 0. The zero-order valence-corrected chi connectivity index (χ0v) is 10.0. The van der Waals surface area contributed by atoms with E-state index >= 15 is 0 Å². The minimum Gasteiger partial charge on any atom is -0.0733 e. The zero-order chi connectivity index (χ0) is 8.58. The molecule has 0 fully saturated rings. The Labute approximate surface area is 70.2 Å². The summed E-state index contributed by atoms with van der Waals surface area (Å²) in [5.74, 6) is 0. The van der Waals surface area contributed by atoms with Crippen LogP contribution in [0.2, 0.25) is 11.6 Å². The Kier molecular flexibility index (Phi) is 2.94. The Morgan fingerprint density at radius 3 is 1.30 bits per heavy atom. The second-order valence-electron chi connectivity index (χ2n) is 4.50. The average Bonchev–Trinajstić information content (AvgIpc) is 1.62. The van der Waals surface area contributed by atoms with Crippen molar-refractivity contribution in [2.75, 3.05) is 0 Å². The van der Waals surface area contributed by atoms with Crippen LogP contribution in [-0.2, 0) is 0 Å². The summed E-state index contributed by atoms with van der Waals surface area (Å²) in [4.78, 5) is 0. The number of hydrogen-bond donors (Lipinski definition) is 0. The molecule has 0 aromatic rings. The van der Waals surface area contributed by atoms with Crippen LogP contribution in [-0.4, -0.2) is 18.1 Å². The van der Waals surface area contributed by atoms with Crippen molar-refractivity contribution >= 4 is 18.1 Å². The second-order valence-corrected chi connectivity index (χ2v) is 9.25. The van der Waals surface area contributed by atoms with Gasteiger partial charge >= 0.3 is 0 Å². The minimum absolute atomic E-state index is 0.363. The predicted octanol–water partition coefficient (Wildman–Crippen LogP) is 2.60. The highest BCUT2D eigenvalue weighted by Gasteiger charge is 2.35. The van der Waals surface area contributed by atoms with Gasteiger partial charge in [0.2, 0.25) is 0 Å².